The van der Waals surface area contributed by atoms with Crippen molar-refractivity contribution in [1.29, 1.82) is 0 Å². The molecule has 1 N–H and O–H groups in total. The van der Waals surface area contributed by atoms with E-state index in [4.69, 9.17) is 9.47 Å². The van der Waals surface area contributed by atoms with E-state index >= 15 is 0 Å². The van der Waals surface area contributed by atoms with Crippen LogP contribution >= 0.6 is 11.8 Å². The summed E-state index contributed by atoms with van der Waals surface area (Å²) in [7, 11) is 3.53. The molecule has 2 rings (SSSR count). The molecule has 0 spiro atoms. The fraction of sp³-hybridized carbons (Fsp3) is 0.611. The zero-order valence-electron chi connectivity index (χ0n) is 15.0. The van der Waals surface area contributed by atoms with Gasteiger partial charge < -0.3 is 19.7 Å². The first kappa shape index (κ1) is 18.9. The van der Waals surface area contributed by atoms with Gasteiger partial charge in [-0.3, -0.25) is 4.99 Å². The second-order valence-electron chi connectivity index (χ2n) is 5.74. The molecule has 5 nitrogen and oxygen atoms in total. The van der Waals surface area contributed by atoms with Crippen molar-refractivity contribution in [2.75, 3.05) is 46.2 Å². The Bertz CT molecular complexity index is 525. The summed E-state index contributed by atoms with van der Waals surface area (Å²) in [5.74, 6) is 3.03. The third kappa shape index (κ3) is 5.91. The molecule has 1 fully saturated rings. The maximum atomic E-state index is 5.67. The Hall–Kier alpha value is -1.40. The number of guanidine groups is 1. The second-order valence-corrected chi connectivity index (χ2v) is 7.14. The second kappa shape index (κ2) is 10.5. The topological polar surface area (TPSA) is 46.1 Å². The van der Waals surface area contributed by atoms with E-state index in [9.17, 15) is 0 Å². The van der Waals surface area contributed by atoms with Gasteiger partial charge in [-0.05, 0) is 24.1 Å². The summed E-state index contributed by atoms with van der Waals surface area (Å²) >= 11 is 2.07. The number of ether oxygens (including phenoxy) is 2. The largest absolute Gasteiger partial charge is 0.491 e. The number of rotatable bonds is 7. The number of nitrogens with one attached hydrogen (secondary N) is 1. The van der Waals surface area contributed by atoms with Crippen LogP contribution in [0.3, 0.4) is 0 Å². The van der Waals surface area contributed by atoms with Crippen molar-refractivity contribution in [3.8, 4) is 5.75 Å². The molecule has 0 aliphatic carbocycles. The van der Waals surface area contributed by atoms with E-state index in [0.29, 0.717) is 18.5 Å². The van der Waals surface area contributed by atoms with Crippen LogP contribution in [0.2, 0.25) is 0 Å². The first-order valence-corrected chi connectivity index (χ1v) is 9.59. The first-order valence-electron chi connectivity index (χ1n) is 8.54. The predicted octanol–water partition coefficient (Wildman–Crippen LogP) is 2.61. The quantitative estimate of drug-likeness (QED) is 0.465. The molecule has 24 heavy (non-hydrogen) atoms. The van der Waals surface area contributed by atoms with Crippen LogP contribution in [0.5, 0.6) is 5.75 Å². The Morgan fingerprint density at radius 2 is 2.29 bits per heavy atom. The molecular weight excluding hydrogens is 322 g/mol. The summed E-state index contributed by atoms with van der Waals surface area (Å²) in [5.41, 5.74) is 1.18. The van der Waals surface area contributed by atoms with Crippen LogP contribution in [-0.4, -0.2) is 62.3 Å². The van der Waals surface area contributed by atoms with Crippen molar-refractivity contribution < 1.29 is 9.47 Å². The molecule has 6 heteroatoms. The highest BCUT2D eigenvalue weighted by atomic mass is 32.2. The summed E-state index contributed by atoms with van der Waals surface area (Å²) in [6.45, 7) is 6.29. The van der Waals surface area contributed by atoms with Crippen LogP contribution in [-0.2, 0) is 11.3 Å². The predicted molar refractivity (Wildman–Crippen MR) is 102 cm³/mol. The first-order chi connectivity index (χ1) is 11.8. The molecule has 1 aromatic carbocycles. The Labute approximate surface area is 149 Å². The molecule has 1 aliphatic rings. The molecule has 1 unspecified atom stereocenters. The molecular formula is C18H29N3O2S. The zero-order valence-corrected chi connectivity index (χ0v) is 15.8. The molecule has 1 aromatic rings. The molecule has 0 amide bonds. The zero-order chi connectivity index (χ0) is 17.2. The van der Waals surface area contributed by atoms with Gasteiger partial charge in [0.1, 0.15) is 12.4 Å². The van der Waals surface area contributed by atoms with Crippen molar-refractivity contribution >= 4 is 17.7 Å². The Kier molecular flexibility index (Phi) is 8.25. The Morgan fingerprint density at radius 1 is 1.42 bits per heavy atom. The van der Waals surface area contributed by atoms with Crippen LogP contribution in [0.1, 0.15) is 18.9 Å². The molecule has 1 saturated heterocycles. The Balaban J connectivity index is 1.87. The van der Waals surface area contributed by atoms with Gasteiger partial charge in [0, 0.05) is 44.8 Å². The average molecular weight is 352 g/mol. The number of nitrogens with zero attached hydrogens (tertiary/aromatic N) is 2. The van der Waals surface area contributed by atoms with Crippen molar-refractivity contribution in [2.45, 2.75) is 25.1 Å². The van der Waals surface area contributed by atoms with E-state index in [1.54, 1.807) is 7.11 Å². The number of thioether (sulfide) groups is 1. The Morgan fingerprint density at radius 3 is 3.04 bits per heavy atom. The number of hydrogen-bond donors (Lipinski definition) is 1. The van der Waals surface area contributed by atoms with E-state index in [1.165, 1.54) is 17.7 Å². The van der Waals surface area contributed by atoms with Crippen LogP contribution < -0.4 is 10.1 Å². The van der Waals surface area contributed by atoms with Crippen molar-refractivity contribution in [3.05, 3.63) is 29.8 Å². The third-order valence-corrected chi connectivity index (χ3v) is 5.38. The highest BCUT2D eigenvalue weighted by Gasteiger charge is 2.21. The van der Waals surface area contributed by atoms with Gasteiger partial charge in [0.15, 0.2) is 5.96 Å². The van der Waals surface area contributed by atoms with Crippen molar-refractivity contribution in [3.63, 3.8) is 0 Å². The monoisotopic (exact) mass is 351 g/mol. The molecule has 0 radical (unpaired) electrons. The van der Waals surface area contributed by atoms with Crippen molar-refractivity contribution in [2.24, 2.45) is 4.99 Å². The minimum atomic E-state index is 0.568. The fourth-order valence-electron chi connectivity index (χ4n) is 2.66. The number of aliphatic imine (C=N–C) groups is 1. The molecule has 134 valence electrons. The lowest BCUT2D eigenvalue weighted by Gasteiger charge is -2.34. The van der Waals surface area contributed by atoms with Gasteiger partial charge in [-0.1, -0.05) is 19.1 Å². The molecule has 0 aromatic heterocycles. The number of hydrogen-bond acceptors (Lipinski definition) is 4. The summed E-state index contributed by atoms with van der Waals surface area (Å²) in [4.78, 5) is 6.82. The summed E-state index contributed by atoms with van der Waals surface area (Å²) in [6.07, 6.45) is 1.21. The van der Waals surface area contributed by atoms with E-state index in [2.05, 4.69) is 46.0 Å². The summed E-state index contributed by atoms with van der Waals surface area (Å²) in [5, 5.41) is 4.18. The molecule has 1 aliphatic heterocycles. The lowest BCUT2D eigenvalue weighted by Crippen LogP contribution is -2.47. The van der Waals surface area contributed by atoms with Crippen LogP contribution in [0.25, 0.3) is 0 Å². The maximum Gasteiger partial charge on any atom is 0.193 e. The third-order valence-electron chi connectivity index (χ3n) is 4.01. The summed E-state index contributed by atoms with van der Waals surface area (Å²) < 4.78 is 10.7. The van der Waals surface area contributed by atoms with E-state index in [-0.39, 0.29) is 0 Å². The average Bonchev–Trinajstić information content (AvgIpc) is 2.63. The number of methoxy groups -OCH3 is 1. The normalized spacial score (nSPS) is 18.5. The maximum absolute atomic E-state index is 5.67. The number of benzene rings is 1. The lowest BCUT2D eigenvalue weighted by molar-refractivity contribution is 0.146. The van der Waals surface area contributed by atoms with E-state index in [1.807, 2.05) is 19.2 Å². The minimum Gasteiger partial charge on any atom is -0.491 e. The molecule has 1 heterocycles. The van der Waals surface area contributed by atoms with E-state index in [0.717, 1.165) is 31.3 Å². The SMILES string of the molecule is CCC1CN(C(=NC)NCc2cccc(OCCOC)c2)CCS1. The van der Waals surface area contributed by atoms with Gasteiger partial charge >= 0.3 is 0 Å². The molecule has 0 bridgehead atoms. The molecule has 0 saturated carbocycles. The smallest absolute Gasteiger partial charge is 0.193 e. The standard InChI is InChI=1S/C18H29N3O2S/c1-4-17-14-21(8-11-24-17)18(19-2)20-13-15-6-5-7-16(12-15)23-10-9-22-3/h5-7,12,17H,4,8-11,13-14H2,1-3H3,(H,19,20). The van der Waals surface area contributed by atoms with Gasteiger partial charge in [-0.15, -0.1) is 0 Å². The van der Waals surface area contributed by atoms with Crippen molar-refractivity contribution in [1.82, 2.24) is 10.2 Å². The van der Waals surface area contributed by atoms with Crippen LogP contribution in [0.4, 0.5) is 0 Å². The highest BCUT2D eigenvalue weighted by molar-refractivity contribution is 8.00. The van der Waals surface area contributed by atoms with Gasteiger partial charge in [-0.25, -0.2) is 0 Å². The van der Waals surface area contributed by atoms with E-state index < -0.39 is 0 Å². The minimum absolute atomic E-state index is 0.568. The van der Waals surface area contributed by atoms with Crippen LogP contribution in [0, 0.1) is 0 Å². The van der Waals surface area contributed by atoms with Gasteiger partial charge in [0.25, 0.3) is 0 Å². The molecule has 1 atom stereocenters. The lowest BCUT2D eigenvalue weighted by atomic mass is 10.2. The van der Waals surface area contributed by atoms with Gasteiger partial charge in [-0.2, -0.15) is 11.8 Å². The van der Waals surface area contributed by atoms with Gasteiger partial charge in [0.05, 0.1) is 6.61 Å². The fourth-order valence-corrected chi connectivity index (χ4v) is 3.84. The highest BCUT2D eigenvalue weighted by Crippen LogP contribution is 2.21. The van der Waals surface area contributed by atoms with Crippen LogP contribution in [0.15, 0.2) is 29.3 Å². The van der Waals surface area contributed by atoms with Gasteiger partial charge in [0.2, 0.25) is 0 Å². The summed E-state index contributed by atoms with van der Waals surface area (Å²) in [6, 6.07) is 8.16.